The number of aryl methyl sites for hydroxylation is 1. The first-order valence-electron chi connectivity index (χ1n) is 10.7. The maximum absolute atomic E-state index is 13.2. The fourth-order valence-corrected chi connectivity index (χ4v) is 6.77. The van der Waals surface area contributed by atoms with Crippen molar-refractivity contribution < 1.29 is 14.3 Å². The van der Waals surface area contributed by atoms with Gasteiger partial charge in [-0.3, -0.25) is 4.79 Å². The molecule has 0 spiro atoms. The molecule has 4 aliphatic carbocycles. The highest BCUT2D eigenvalue weighted by atomic mass is 16.5. The normalized spacial score (nSPS) is 31.6. The molecule has 1 aromatic heterocycles. The van der Waals surface area contributed by atoms with E-state index in [1.165, 1.54) is 6.42 Å². The largest absolute Gasteiger partial charge is 0.497 e. The SMILES string of the molecule is COc1ccc(OC)c(NC(=O)CC23CC4CC(C2)CC(n2nnc(C)n2)(C4)C3)c1. The molecule has 1 aromatic carbocycles. The summed E-state index contributed by atoms with van der Waals surface area (Å²) in [6, 6.07) is 5.44. The number of nitrogens with zero attached hydrogens (tertiary/aromatic N) is 4. The molecule has 160 valence electrons. The van der Waals surface area contributed by atoms with Crippen LogP contribution >= 0.6 is 0 Å². The summed E-state index contributed by atoms with van der Waals surface area (Å²) >= 11 is 0. The maximum atomic E-state index is 13.2. The zero-order valence-electron chi connectivity index (χ0n) is 17.9. The Morgan fingerprint density at radius 2 is 1.97 bits per heavy atom. The molecule has 2 unspecified atom stereocenters. The number of aromatic nitrogens is 4. The van der Waals surface area contributed by atoms with Crippen LogP contribution in [0.5, 0.6) is 11.5 Å². The Morgan fingerprint density at radius 3 is 2.60 bits per heavy atom. The van der Waals surface area contributed by atoms with Gasteiger partial charge in [0.05, 0.1) is 25.4 Å². The Balaban J connectivity index is 1.38. The first-order chi connectivity index (χ1) is 14.4. The minimum absolute atomic E-state index is 0.00179. The van der Waals surface area contributed by atoms with E-state index >= 15 is 0 Å². The monoisotopic (exact) mass is 411 g/mol. The lowest BCUT2D eigenvalue weighted by molar-refractivity contribution is -0.135. The molecule has 8 heteroatoms. The Bertz CT molecular complexity index is 957. The maximum Gasteiger partial charge on any atom is 0.225 e. The molecule has 6 rings (SSSR count). The van der Waals surface area contributed by atoms with E-state index in [1.807, 2.05) is 23.9 Å². The lowest BCUT2D eigenvalue weighted by Gasteiger charge is -2.61. The second-order valence-electron chi connectivity index (χ2n) is 9.60. The van der Waals surface area contributed by atoms with Gasteiger partial charge in [0.15, 0.2) is 5.82 Å². The van der Waals surface area contributed by atoms with Gasteiger partial charge < -0.3 is 14.8 Å². The fraction of sp³-hybridized carbons (Fsp3) is 0.636. The van der Waals surface area contributed by atoms with E-state index in [4.69, 9.17) is 9.47 Å². The van der Waals surface area contributed by atoms with E-state index in [0.29, 0.717) is 41.3 Å². The number of nitrogens with one attached hydrogen (secondary N) is 1. The number of carbonyl (C=O) groups is 1. The predicted octanol–water partition coefficient (Wildman–Crippen LogP) is 3.32. The van der Waals surface area contributed by atoms with Crippen molar-refractivity contribution >= 4 is 11.6 Å². The zero-order valence-corrected chi connectivity index (χ0v) is 17.9. The molecule has 2 atom stereocenters. The Morgan fingerprint density at radius 1 is 1.20 bits per heavy atom. The van der Waals surface area contributed by atoms with E-state index in [9.17, 15) is 4.79 Å². The fourth-order valence-electron chi connectivity index (χ4n) is 6.77. The molecule has 8 nitrogen and oxygen atoms in total. The summed E-state index contributed by atoms with van der Waals surface area (Å²) in [6.45, 7) is 1.88. The van der Waals surface area contributed by atoms with Gasteiger partial charge in [-0.05, 0) is 80.0 Å². The Kier molecular flexibility index (Phi) is 4.48. The van der Waals surface area contributed by atoms with Crippen molar-refractivity contribution in [3.05, 3.63) is 24.0 Å². The van der Waals surface area contributed by atoms with Crippen molar-refractivity contribution in [3.63, 3.8) is 0 Å². The van der Waals surface area contributed by atoms with Crippen LogP contribution in [0, 0.1) is 24.2 Å². The summed E-state index contributed by atoms with van der Waals surface area (Å²) in [5.41, 5.74) is 0.566. The van der Waals surface area contributed by atoms with E-state index in [-0.39, 0.29) is 16.9 Å². The summed E-state index contributed by atoms with van der Waals surface area (Å²) < 4.78 is 10.7. The van der Waals surface area contributed by atoms with Crippen molar-refractivity contribution in [1.82, 2.24) is 20.2 Å². The van der Waals surface area contributed by atoms with Gasteiger partial charge in [0, 0.05) is 12.5 Å². The zero-order chi connectivity index (χ0) is 20.9. The molecule has 0 radical (unpaired) electrons. The lowest BCUT2D eigenvalue weighted by atomic mass is 9.46. The number of carbonyl (C=O) groups excluding carboxylic acids is 1. The van der Waals surface area contributed by atoms with Gasteiger partial charge in [0.1, 0.15) is 11.5 Å². The predicted molar refractivity (Wildman–Crippen MR) is 110 cm³/mol. The van der Waals surface area contributed by atoms with E-state index in [0.717, 1.165) is 32.1 Å². The van der Waals surface area contributed by atoms with Gasteiger partial charge in [-0.25, -0.2) is 0 Å². The second kappa shape index (κ2) is 6.96. The minimum Gasteiger partial charge on any atom is -0.497 e. The molecule has 30 heavy (non-hydrogen) atoms. The van der Waals surface area contributed by atoms with Gasteiger partial charge in [-0.2, -0.15) is 4.80 Å². The van der Waals surface area contributed by atoms with Crippen LogP contribution in [0.25, 0.3) is 0 Å². The van der Waals surface area contributed by atoms with Crippen molar-refractivity contribution in [2.24, 2.45) is 17.3 Å². The summed E-state index contributed by atoms with van der Waals surface area (Å²) in [5.74, 6) is 3.33. The van der Waals surface area contributed by atoms with Crippen molar-refractivity contribution in [3.8, 4) is 11.5 Å². The molecule has 4 aliphatic rings. The third-order valence-electron chi connectivity index (χ3n) is 7.31. The third kappa shape index (κ3) is 3.22. The minimum atomic E-state index is -0.0840. The van der Waals surface area contributed by atoms with Crippen molar-refractivity contribution in [2.45, 2.75) is 57.4 Å². The number of rotatable bonds is 6. The van der Waals surface area contributed by atoms with Crippen molar-refractivity contribution in [1.29, 1.82) is 0 Å². The summed E-state index contributed by atoms with van der Waals surface area (Å²) in [4.78, 5) is 15.0. The highest BCUT2D eigenvalue weighted by Crippen LogP contribution is 2.65. The van der Waals surface area contributed by atoms with E-state index in [2.05, 4.69) is 20.7 Å². The number of hydrogen-bond acceptors (Lipinski definition) is 6. The van der Waals surface area contributed by atoms with Crippen LogP contribution in [0.2, 0.25) is 0 Å². The van der Waals surface area contributed by atoms with Gasteiger partial charge in [-0.15, -0.1) is 10.2 Å². The summed E-state index contributed by atoms with van der Waals surface area (Å²) in [7, 11) is 3.22. The lowest BCUT2D eigenvalue weighted by Crippen LogP contribution is -2.57. The Hall–Kier alpha value is -2.64. The molecule has 0 saturated heterocycles. The van der Waals surface area contributed by atoms with E-state index < -0.39 is 0 Å². The number of benzene rings is 1. The molecule has 1 heterocycles. The Labute approximate surface area is 176 Å². The quantitative estimate of drug-likeness (QED) is 0.784. The van der Waals surface area contributed by atoms with Crippen LogP contribution in [0.15, 0.2) is 18.2 Å². The van der Waals surface area contributed by atoms with Crippen LogP contribution in [-0.4, -0.2) is 40.3 Å². The molecule has 0 aliphatic heterocycles. The van der Waals surface area contributed by atoms with Gasteiger partial charge in [-0.1, -0.05) is 0 Å². The van der Waals surface area contributed by atoms with Crippen LogP contribution in [0.3, 0.4) is 0 Å². The average molecular weight is 412 g/mol. The molecular weight excluding hydrogens is 382 g/mol. The average Bonchev–Trinajstić information content (AvgIpc) is 3.13. The highest BCUT2D eigenvalue weighted by Gasteiger charge is 2.60. The van der Waals surface area contributed by atoms with Crippen LogP contribution in [0.1, 0.15) is 50.8 Å². The van der Waals surface area contributed by atoms with Gasteiger partial charge in [0.2, 0.25) is 5.91 Å². The first-order valence-corrected chi connectivity index (χ1v) is 10.7. The van der Waals surface area contributed by atoms with Crippen LogP contribution in [0.4, 0.5) is 5.69 Å². The number of anilines is 1. The number of hydrogen-bond donors (Lipinski definition) is 1. The first kappa shape index (κ1) is 19.3. The number of ether oxygens (including phenoxy) is 2. The number of methoxy groups -OCH3 is 2. The number of amides is 1. The standard InChI is InChI=1S/C22H29N5O3/c1-14-24-26-27(25-14)22-10-15-6-16(11-22)9-21(8-15,13-22)12-20(28)23-18-7-17(29-2)4-5-19(18)30-3/h4-5,7,15-16H,6,8-13H2,1-3H3,(H,23,28). The molecule has 4 bridgehead atoms. The topological polar surface area (TPSA) is 91.2 Å². The molecule has 4 saturated carbocycles. The molecule has 1 amide bonds. The second-order valence-corrected chi connectivity index (χ2v) is 9.60. The molecule has 4 fully saturated rings. The van der Waals surface area contributed by atoms with Crippen LogP contribution < -0.4 is 14.8 Å². The number of tetrazole rings is 1. The summed E-state index contributed by atoms with van der Waals surface area (Å²) in [5, 5.41) is 16.2. The summed E-state index contributed by atoms with van der Waals surface area (Å²) in [6.07, 6.45) is 7.16. The van der Waals surface area contributed by atoms with Crippen LogP contribution in [-0.2, 0) is 10.3 Å². The highest BCUT2D eigenvalue weighted by molar-refractivity contribution is 5.93. The molecule has 2 aromatic rings. The van der Waals surface area contributed by atoms with Gasteiger partial charge >= 0.3 is 0 Å². The molecule has 1 N–H and O–H groups in total. The van der Waals surface area contributed by atoms with E-state index in [1.54, 1.807) is 20.3 Å². The smallest absolute Gasteiger partial charge is 0.225 e. The van der Waals surface area contributed by atoms with Gasteiger partial charge in [0.25, 0.3) is 0 Å². The third-order valence-corrected chi connectivity index (χ3v) is 7.31. The molecular formula is C22H29N5O3. The van der Waals surface area contributed by atoms with Crippen molar-refractivity contribution in [2.75, 3.05) is 19.5 Å².